The molecule has 1 aliphatic carbocycles. The summed E-state index contributed by atoms with van der Waals surface area (Å²) in [6.45, 7) is 1.87. The number of nitrogens with zero attached hydrogens (tertiary/aromatic N) is 3. The maximum Gasteiger partial charge on any atom is 0.319 e. The van der Waals surface area contributed by atoms with Crippen molar-refractivity contribution < 1.29 is 24.0 Å². The van der Waals surface area contributed by atoms with Gasteiger partial charge in [0, 0.05) is 14.2 Å². The Morgan fingerprint density at radius 3 is 2.50 bits per heavy atom. The van der Waals surface area contributed by atoms with Crippen molar-refractivity contribution in [1.29, 1.82) is 0 Å². The first-order valence-electron chi connectivity index (χ1n) is 8.25. The summed E-state index contributed by atoms with van der Waals surface area (Å²) in [7, 11) is 3.11. The van der Waals surface area contributed by atoms with Crippen LogP contribution in [-0.2, 0) is 20.9 Å². The van der Waals surface area contributed by atoms with Gasteiger partial charge < -0.3 is 19.3 Å². The maximum absolute atomic E-state index is 12.8. The smallest absolute Gasteiger partial charge is 0.319 e. The van der Waals surface area contributed by atoms with Crippen LogP contribution in [0, 0.1) is 5.41 Å². The Morgan fingerprint density at radius 2 is 1.96 bits per heavy atom. The number of hydrogen-bond acceptors (Lipinski definition) is 6. The van der Waals surface area contributed by atoms with E-state index in [0.29, 0.717) is 18.7 Å². The molecule has 0 aliphatic heterocycles. The summed E-state index contributed by atoms with van der Waals surface area (Å²) in [4.78, 5) is 30.3. The molecular formula is C16H25N3O5. The first-order valence-corrected chi connectivity index (χ1v) is 8.25. The third-order valence-corrected chi connectivity index (χ3v) is 4.70. The molecule has 1 aromatic heterocycles. The topological polar surface area (TPSA) is 106 Å². The molecule has 1 aliphatic rings. The van der Waals surface area contributed by atoms with Crippen molar-refractivity contribution in [2.24, 2.45) is 5.41 Å². The summed E-state index contributed by atoms with van der Waals surface area (Å²) in [5.41, 5.74) is -1.34. The van der Waals surface area contributed by atoms with Gasteiger partial charge in [0.05, 0.1) is 6.54 Å². The molecule has 0 saturated heterocycles. The zero-order valence-corrected chi connectivity index (χ0v) is 14.4. The minimum absolute atomic E-state index is 0.0807. The molecule has 8 nitrogen and oxygen atoms in total. The lowest BCUT2D eigenvalue weighted by molar-refractivity contribution is -0.161. The minimum Gasteiger partial charge on any atom is -0.480 e. The second kappa shape index (κ2) is 7.74. The van der Waals surface area contributed by atoms with Crippen LogP contribution in [0.2, 0.25) is 0 Å². The molecule has 1 amide bonds. The van der Waals surface area contributed by atoms with Crippen LogP contribution in [-0.4, -0.2) is 46.2 Å². The largest absolute Gasteiger partial charge is 0.480 e. The van der Waals surface area contributed by atoms with E-state index < -0.39 is 17.3 Å². The fraction of sp³-hybridized carbons (Fsp3) is 0.750. The molecule has 1 saturated carbocycles. The standard InChI is InChI=1S/C16H25N3O5/c1-11(23-3)13-17-12(24-18-13)10-19(2)14(20)16(15(21)22)8-6-4-5-7-9-16/h11H,4-10H2,1-3H3,(H,21,22). The molecule has 24 heavy (non-hydrogen) atoms. The Hall–Kier alpha value is -1.96. The first-order chi connectivity index (χ1) is 11.4. The van der Waals surface area contributed by atoms with Gasteiger partial charge in [-0.05, 0) is 19.8 Å². The van der Waals surface area contributed by atoms with E-state index in [1.807, 2.05) is 0 Å². The van der Waals surface area contributed by atoms with E-state index in [2.05, 4.69) is 10.1 Å². The van der Waals surface area contributed by atoms with Crippen molar-refractivity contribution in [1.82, 2.24) is 15.0 Å². The molecule has 1 fully saturated rings. The van der Waals surface area contributed by atoms with Gasteiger partial charge in [-0.2, -0.15) is 4.98 Å². The van der Waals surface area contributed by atoms with Crippen LogP contribution in [0.3, 0.4) is 0 Å². The molecule has 1 atom stereocenters. The molecule has 0 bridgehead atoms. The van der Waals surface area contributed by atoms with Gasteiger partial charge >= 0.3 is 5.97 Å². The van der Waals surface area contributed by atoms with E-state index >= 15 is 0 Å². The number of carboxylic acids is 1. The summed E-state index contributed by atoms with van der Waals surface area (Å²) < 4.78 is 10.2. The van der Waals surface area contributed by atoms with E-state index in [1.54, 1.807) is 21.1 Å². The third-order valence-electron chi connectivity index (χ3n) is 4.70. The SMILES string of the molecule is COC(C)c1noc(CN(C)C(=O)C2(C(=O)O)CCCCCC2)n1. The average molecular weight is 339 g/mol. The number of carbonyl (C=O) groups excluding carboxylic acids is 1. The van der Waals surface area contributed by atoms with Crippen LogP contribution < -0.4 is 0 Å². The summed E-state index contributed by atoms with van der Waals surface area (Å²) in [5, 5.41) is 13.5. The summed E-state index contributed by atoms with van der Waals surface area (Å²) in [5.74, 6) is -0.772. The summed E-state index contributed by atoms with van der Waals surface area (Å²) >= 11 is 0. The number of amides is 1. The lowest BCUT2D eigenvalue weighted by Crippen LogP contribution is -2.46. The molecular weight excluding hydrogens is 314 g/mol. The fourth-order valence-electron chi connectivity index (χ4n) is 3.09. The minimum atomic E-state index is -1.34. The van der Waals surface area contributed by atoms with E-state index in [1.165, 1.54) is 4.90 Å². The predicted molar refractivity (Wildman–Crippen MR) is 84.0 cm³/mol. The zero-order chi connectivity index (χ0) is 17.7. The molecule has 1 aromatic rings. The van der Waals surface area contributed by atoms with Gasteiger partial charge in [0.15, 0.2) is 5.82 Å². The molecule has 0 radical (unpaired) electrons. The van der Waals surface area contributed by atoms with Gasteiger partial charge in [0.1, 0.15) is 11.5 Å². The van der Waals surface area contributed by atoms with Crippen LogP contribution in [0.1, 0.15) is 63.3 Å². The van der Waals surface area contributed by atoms with Crippen LogP contribution in [0.25, 0.3) is 0 Å². The van der Waals surface area contributed by atoms with E-state index in [9.17, 15) is 14.7 Å². The molecule has 1 N–H and O–H groups in total. The van der Waals surface area contributed by atoms with Gasteiger partial charge in [0.25, 0.3) is 0 Å². The van der Waals surface area contributed by atoms with Crippen molar-refractivity contribution in [3.63, 3.8) is 0 Å². The number of aromatic nitrogens is 2. The van der Waals surface area contributed by atoms with Gasteiger partial charge in [-0.25, -0.2) is 0 Å². The highest BCUT2D eigenvalue weighted by Crippen LogP contribution is 2.37. The number of methoxy groups -OCH3 is 1. The summed E-state index contributed by atoms with van der Waals surface area (Å²) in [6, 6.07) is 0. The van der Waals surface area contributed by atoms with E-state index in [0.717, 1.165) is 25.7 Å². The van der Waals surface area contributed by atoms with Gasteiger partial charge in [-0.1, -0.05) is 30.8 Å². The second-order valence-corrected chi connectivity index (χ2v) is 6.39. The molecule has 8 heteroatoms. The number of carboxylic acid groups (broad SMARTS) is 1. The number of carbonyl (C=O) groups is 2. The highest BCUT2D eigenvalue weighted by Gasteiger charge is 2.47. The molecule has 0 aromatic carbocycles. The maximum atomic E-state index is 12.8. The third kappa shape index (κ3) is 3.75. The van der Waals surface area contributed by atoms with Crippen molar-refractivity contribution in [3.05, 3.63) is 11.7 Å². The number of rotatable bonds is 6. The van der Waals surface area contributed by atoms with Gasteiger partial charge in [-0.3, -0.25) is 9.59 Å². The first kappa shape index (κ1) is 18.4. The summed E-state index contributed by atoms with van der Waals surface area (Å²) in [6.07, 6.45) is 3.88. The zero-order valence-electron chi connectivity index (χ0n) is 14.4. The second-order valence-electron chi connectivity index (χ2n) is 6.39. The lowest BCUT2D eigenvalue weighted by atomic mass is 9.79. The van der Waals surface area contributed by atoms with Crippen molar-refractivity contribution in [3.8, 4) is 0 Å². The van der Waals surface area contributed by atoms with Crippen LogP contribution in [0.4, 0.5) is 0 Å². The number of hydrogen-bond donors (Lipinski definition) is 1. The van der Waals surface area contributed by atoms with Crippen molar-refractivity contribution in [2.75, 3.05) is 14.2 Å². The molecule has 134 valence electrons. The molecule has 1 unspecified atom stereocenters. The Kier molecular flexibility index (Phi) is 5.93. The lowest BCUT2D eigenvalue weighted by Gasteiger charge is -2.30. The van der Waals surface area contributed by atoms with Crippen molar-refractivity contribution >= 4 is 11.9 Å². The van der Waals surface area contributed by atoms with Crippen molar-refractivity contribution in [2.45, 2.75) is 58.1 Å². The van der Waals surface area contributed by atoms with Gasteiger partial charge in [-0.15, -0.1) is 0 Å². The molecule has 2 rings (SSSR count). The normalized spacial score (nSPS) is 18.6. The van der Waals surface area contributed by atoms with Crippen LogP contribution in [0.5, 0.6) is 0 Å². The number of ether oxygens (including phenoxy) is 1. The Balaban J connectivity index is 2.12. The Morgan fingerprint density at radius 1 is 1.33 bits per heavy atom. The van der Waals surface area contributed by atoms with E-state index in [-0.39, 0.29) is 18.5 Å². The van der Waals surface area contributed by atoms with E-state index in [4.69, 9.17) is 9.26 Å². The van der Waals surface area contributed by atoms with Crippen LogP contribution >= 0.6 is 0 Å². The molecule has 1 heterocycles. The average Bonchev–Trinajstić information content (AvgIpc) is 2.88. The molecule has 0 spiro atoms. The Bertz CT molecular complexity index is 578. The quantitative estimate of drug-likeness (QED) is 0.625. The predicted octanol–water partition coefficient (Wildman–Crippen LogP) is 2.16. The Labute approximate surface area is 141 Å². The monoisotopic (exact) mass is 339 g/mol. The van der Waals surface area contributed by atoms with Crippen LogP contribution in [0.15, 0.2) is 4.52 Å². The van der Waals surface area contributed by atoms with Gasteiger partial charge in [0.2, 0.25) is 11.8 Å². The fourth-order valence-corrected chi connectivity index (χ4v) is 3.09. The number of aliphatic carboxylic acids is 1. The highest BCUT2D eigenvalue weighted by molar-refractivity contribution is 6.01. The highest BCUT2D eigenvalue weighted by atomic mass is 16.5.